The fraction of sp³-hybridized carbons (Fsp3) is 1.00. The molecule has 0 amide bonds. The zero-order chi connectivity index (χ0) is 10.4. The van der Waals surface area contributed by atoms with Crippen LogP contribution in [0.3, 0.4) is 0 Å². The van der Waals surface area contributed by atoms with Gasteiger partial charge in [0.05, 0.1) is 0 Å². The second kappa shape index (κ2) is 6.38. The van der Waals surface area contributed by atoms with Crippen molar-refractivity contribution in [3.8, 4) is 0 Å². The van der Waals surface area contributed by atoms with Gasteiger partial charge in [-0.15, -0.1) is 0 Å². The van der Waals surface area contributed by atoms with E-state index in [-0.39, 0.29) is 0 Å². The first-order valence-electron chi connectivity index (χ1n) is 5.92. The first-order valence-corrected chi connectivity index (χ1v) is 5.92. The molecule has 1 aliphatic heterocycles. The number of nitrogens with zero attached hydrogens (tertiary/aromatic N) is 1. The molecule has 0 aliphatic carbocycles. The van der Waals surface area contributed by atoms with E-state index in [4.69, 9.17) is 5.73 Å². The van der Waals surface area contributed by atoms with Crippen LogP contribution in [0.5, 0.6) is 0 Å². The molecule has 0 aromatic heterocycles. The average Bonchev–Trinajstić information content (AvgIpc) is 2.26. The van der Waals surface area contributed by atoms with Crippen molar-refractivity contribution in [2.75, 3.05) is 32.7 Å². The highest BCUT2D eigenvalue weighted by Gasteiger charge is 2.17. The van der Waals surface area contributed by atoms with Crippen LogP contribution in [-0.4, -0.2) is 43.7 Å². The number of nitrogens with two attached hydrogens (primary N) is 1. The van der Waals surface area contributed by atoms with E-state index in [1.807, 2.05) is 0 Å². The maximum absolute atomic E-state index is 5.56. The third kappa shape index (κ3) is 3.95. The van der Waals surface area contributed by atoms with Crippen LogP contribution in [0.4, 0.5) is 0 Å². The first-order chi connectivity index (χ1) is 6.76. The van der Waals surface area contributed by atoms with Gasteiger partial charge in [-0.05, 0) is 51.9 Å². The summed E-state index contributed by atoms with van der Waals surface area (Å²) in [5, 5.41) is 3.49. The summed E-state index contributed by atoms with van der Waals surface area (Å²) in [6, 6.07) is 0.471. The van der Waals surface area contributed by atoms with Crippen molar-refractivity contribution < 1.29 is 0 Å². The number of rotatable bonds is 5. The molecule has 3 nitrogen and oxygen atoms in total. The monoisotopic (exact) mass is 199 g/mol. The Hall–Kier alpha value is -0.120. The number of piperidine rings is 1. The third-order valence-corrected chi connectivity index (χ3v) is 3.26. The van der Waals surface area contributed by atoms with Crippen LogP contribution in [0.25, 0.3) is 0 Å². The molecule has 1 heterocycles. The highest BCUT2D eigenvalue weighted by atomic mass is 15.1. The van der Waals surface area contributed by atoms with Gasteiger partial charge in [-0.3, -0.25) is 0 Å². The highest BCUT2D eigenvalue weighted by Crippen LogP contribution is 2.15. The number of likely N-dealkylation sites (tertiary alicyclic amines) is 1. The van der Waals surface area contributed by atoms with Crippen molar-refractivity contribution in [3.63, 3.8) is 0 Å². The largest absolute Gasteiger partial charge is 0.329 e. The Labute approximate surface area is 88.0 Å². The molecule has 1 aliphatic rings. The van der Waals surface area contributed by atoms with E-state index in [0.29, 0.717) is 6.04 Å². The highest BCUT2D eigenvalue weighted by molar-refractivity contribution is 4.74. The predicted octanol–water partition coefficient (Wildman–Crippen LogP) is 0.655. The fourth-order valence-electron chi connectivity index (χ4n) is 1.96. The van der Waals surface area contributed by atoms with Gasteiger partial charge in [-0.2, -0.15) is 0 Å². The van der Waals surface area contributed by atoms with Gasteiger partial charge in [-0.25, -0.2) is 0 Å². The van der Waals surface area contributed by atoms with Crippen molar-refractivity contribution in [1.29, 1.82) is 0 Å². The molecule has 0 bridgehead atoms. The van der Waals surface area contributed by atoms with E-state index >= 15 is 0 Å². The number of hydrogen-bond acceptors (Lipinski definition) is 3. The lowest BCUT2D eigenvalue weighted by Crippen LogP contribution is -2.41. The smallest absolute Gasteiger partial charge is 0.0162 e. The molecule has 0 radical (unpaired) electrons. The van der Waals surface area contributed by atoms with Crippen molar-refractivity contribution >= 4 is 0 Å². The molecular formula is C11H25N3. The minimum Gasteiger partial charge on any atom is -0.329 e. The Morgan fingerprint density at radius 1 is 1.43 bits per heavy atom. The van der Waals surface area contributed by atoms with Gasteiger partial charge in [0, 0.05) is 12.6 Å². The normalized spacial score (nSPS) is 22.5. The second-order valence-electron chi connectivity index (χ2n) is 4.42. The Morgan fingerprint density at radius 2 is 2.07 bits per heavy atom. The summed E-state index contributed by atoms with van der Waals surface area (Å²) < 4.78 is 0. The lowest BCUT2D eigenvalue weighted by Gasteiger charge is -2.31. The molecule has 1 unspecified atom stereocenters. The molecule has 3 N–H and O–H groups in total. The molecule has 84 valence electrons. The summed E-state index contributed by atoms with van der Waals surface area (Å²) in [7, 11) is 0. The van der Waals surface area contributed by atoms with Crippen LogP contribution in [-0.2, 0) is 0 Å². The van der Waals surface area contributed by atoms with E-state index in [1.165, 1.54) is 32.5 Å². The lowest BCUT2D eigenvalue weighted by molar-refractivity contribution is 0.188. The molecule has 3 heteroatoms. The summed E-state index contributed by atoms with van der Waals surface area (Å²) in [6.07, 6.45) is 2.69. The summed E-state index contributed by atoms with van der Waals surface area (Å²) in [6.45, 7) is 10.1. The van der Waals surface area contributed by atoms with Crippen molar-refractivity contribution in [1.82, 2.24) is 10.2 Å². The Kier molecular flexibility index (Phi) is 5.45. The molecule has 1 fully saturated rings. The van der Waals surface area contributed by atoms with Crippen LogP contribution in [0.2, 0.25) is 0 Å². The maximum Gasteiger partial charge on any atom is 0.0162 e. The molecular weight excluding hydrogens is 174 g/mol. The molecule has 0 spiro atoms. The molecule has 1 rings (SSSR count). The molecule has 1 atom stereocenters. The Morgan fingerprint density at radius 3 is 2.57 bits per heavy atom. The van der Waals surface area contributed by atoms with E-state index < -0.39 is 0 Å². The predicted molar refractivity (Wildman–Crippen MR) is 61.4 cm³/mol. The van der Waals surface area contributed by atoms with E-state index in [0.717, 1.165) is 19.0 Å². The topological polar surface area (TPSA) is 41.3 Å². The zero-order valence-corrected chi connectivity index (χ0v) is 9.63. The summed E-state index contributed by atoms with van der Waals surface area (Å²) in [5.74, 6) is 0.867. The van der Waals surface area contributed by atoms with Gasteiger partial charge in [0.2, 0.25) is 0 Å². The van der Waals surface area contributed by atoms with Gasteiger partial charge in [0.1, 0.15) is 0 Å². The maximum atomic E-state index is 5.56. The number of hydrogen-bond donors (Lipinski definition) is 2. The van der Waals surface area contributed by atoms with Crippen LogP contribution in [0.15, 0.2) is 0 Å². The number of nitrogens with one attached hydrogen (secondary N) is 1. The lowest BCUT2D eigenvalue weighted by atomic mass is 9.96. The van der Waals surface area contributed by atoms with Gasteiger partial charge < -0.3 is 16.0 Å². The minimum absolute atomic E-state index is 0.471. The molecule has 14 heavy (non-hydrogen) atoms. The van der Waals surface area contributed by atoms with Crippen molar-refractivity contribution in [2.24, 2.45) is 11.7 Å². The van der Waals surface area contributed by atoms with Gasteiger partial charge in [0.15, 0.2) is 0 Å². The molecule has 0 aromatic rings. The molecule has 1 saturated heterocycles. The van der Waals surface area contributed by atoms with Crippen LogP contribution >= 0.6 is 0 Å². The zero-order valence-electron chi connectivity index (χ0n) is 9.63. The summed E-state index contributed by atoms with van der Waals surface area (Å²) >= 11 is 0. The van der Waals surface area contributed by atoms with E-state index in [9.17, 15) is 0 Å². The Bertz CT molecular complexity index is 141. The molecule has 0 saturated carbocycles. The SMILES string of the molecule is CCN1CCC(CNC(C)CN)CC1. The van der Waals surface area contributed by atoms with Gasteiger partial charge >= 0.3 is 0 Å². The van der Waals surface area contributed by atoms with Crippen LogP contribution in [0, 0.1) is 5.92 Å². The van der Waals surface area contributed by atoms with Crippen molar-refractivity contribution in [3.05, 3.63) is 0 Å². The minimum atomic E-state index is 0.471. The van der Waals surface area contributed by atoms with E-state index in [1.54, 1.807) is 0 Å². The van der Waals surface area contributed by atoms with Crippen LogP contribution in [0.1, 0.15) is 26.7 Å². The summed E-state index contributed by atoms with van der Waals surface area (Å²) in [5.41, 5.74) is 5.56. The van der Waals surface area contributed by atoms with Crippen molar-refractivity contribution in [2.45, 2.75) is 32.7 Å². The van der Waals surface area contributed by atoms with Gasteiger partial charge in [-0.1, -0.05) is 6.92 Å². The summed E-state index contributed by atoms with van der Waals surface area (Å²) in [4.78, 5) is 2.53. The second-order valence-corrected chi connectivity index (χ2v) is 4.42. The first kappa shape index (κ1) is 12.0. The van der Waals surface area contributed by atoms with E-state index in [2.05, 4.69) is 24.1 Å². The van der Waals surface area contributed by atoms with Gasteiger partial charge in [0.25, 0.3) is 0 Å². The fourth-order valence-corrected chi connectivity index (χ4v) is 1.96. The average molecular weight is 199 g/mol. The molecule has 0 aromatic carbocycles. The van der Waals surface area contributed by atoms with Crippen LogP contribution < -0.4 is 11.1 Å². The standard InChI is InChI=1S/C11H25N3/c1-3-14-6-4-11(5-7-14)9-13-10(2)8-12/h10-11,13H,3-9,12H2,1-2H3. The third-order valence-electron chi connectivity index (χ3n) is 3.26. The Balaban J connectivity index is 2.10. The quantitative estimate of drug-likeness (QED) is 0.683.